The molecule has 2 fully saturated rings. The molecule has 0 aromatic heterocycles. The molecule has 1 saturated heterocycles. The van der Waals surface area contributed by atoms with Crippen LogP contribution in [0.5, 0.6) is 5.75 Å². The van der Waals surface area contributed by atoms with Gasteiger partial charge >= 0.3 is 0 Å². The third-order valence-corrected chi connectivity index (χ3v) is 4.82. The zero-order chi connectivity index (χ0) is 14.1. The number of para-hydroxylation sites is 1. The molecule has 4 rings (SSSR count). The van der Waals surface area contributed by atoms with Crippen LogP contribution in [0.3, 0.4) is 0 Å². The molecule has 0 amide bonds. The lowest BCUT2D eigenvalue weighted by Gasteiger charge is -2.37. The first-order valence-electron chi connectivity index (χ1n) is 8.17. The van der Waals surface area contributed by atoms with E-state index in [-0.39, 0.29) is 0 Å². The summed E-state index contributed by atoms with van der Waals surface area (Å²) in [6, 6.07) is 9.74. The summed E-state index contributed by atoms with van der Waals surface area (Å²) in [7, 11) is 0. The second kappa shape index (κ2) is 5.95. The van der Waals surface area contributed by atoms with Crippen LogP contribution >= 0.6 is 0 Å². The van der Waals surface area contributed by atoms with Crippen molar-refractivity contribution in [2.75, 3.05) is 39.5 Å². The summed E-state index contributed by atoms with van der Waals surface area (Å²) < 4.78 is 11.5. The third-order valence-electron chi connectivity index (χ3n) is 4.82. The molecular formula is C17H24N2O2. The van der Waals surface area contributed by atoms with Crippen LogP contribution < -0.4 is 10.1 Å². The van der Waals surface area contributed by atoms with Gasteiger partial charge in [0.1, 0.15) is 5.75 Å². The smallest absolute Gasteiger partial charge is 0.122 e. The van der Waals surface area contributed by atoms with E-state index in [2.05, 4.69) is 34.5 Å². The van der Waals surface area contributed by atoms with Crippen LogP contribution in [-0.2, 0) is 4.74 Å². The Kier molecular flexibility index (Phi) is 3.84. The maximum atomic E-state index is 5.82. The molecule has 4 nitrogen and oxygen atoms in total. The van der Waals surface area contributed by atoms with E-state index in [1.54, 1.807) is 0 Å². The van der Waals surface area contributed by atoms with Gasteiger partial charge in [-0.3, -0.25) is 4.90 Å². The summed E-state index contributed by atoms with van der Waals surface area (Å²) in [6.45, 7) is 5.70. The van der Waals surface area contributed by atoms with Gasteiger partial charge in [-0.05, 0) is 18.9 Å². The van der Waals surface area contributed by atoms with Gasteiger partial charge in [0, 0.05) is 43.2 Å². The zero-order valence-corrected chi connectivity index (χ0v) is 12.5. The molecule has 114 valence electrons. The molecule has 1 aliphatic carbocycles. The van der Waals surface area contributed by atoms with Crippen LogP contribution in [0.4, 0.5) is 0 Å². The molecule has 4 heteroatoms. The van der Waals surface area contributed by atoms with E-state index in [0.29, 0.717) is 12.0 Å². The lowest BCUT2D eigenvalue weighted by Crippen LogP contribution is -2.51. The van der Waals surface area contributed by atoms with Gasteiger partial charge in [0.2, 0.25) is 0 Å². The Bertz CT molecular complexity index is 489. The predicted molar refractivity (Wildman–Crippen MR) is 81.9 cm³/mol. The average Bonchev–Trinajstić information content (AvgIpc) is 3.27. The first-order chi connectivity index (χ1) is 10.4. The minimum atomic E-state index is 0.503. The molecule has 3 aliphatic rings. The van der Waals surface area contributed by atoms with Gasteiger partial charge in [-0.1, -0.05) is 18.2 Å². The molecule has 0 radical (unpaired) electrons. The van der Waals surface area contributed by atoms with E-state index in [9.17, 15) is 0 Å². The fourth-order valence-corrected chi connectivity index (χ4v) is 3.37. The fourth-order valence-electron chi connectivity index (χ4n) is 3.37. The lowest BCUT2D eigenvalue weighted by atomic mass is 10.00. The minimum Gasteiger partial charge on any atom is -0.493 e. The molecule has 2 heterocycles. The minimum absolute atomic E-state index is 0.503. The first kappa shape index (κ1) is 13.6. The number of benzene rings is 1. The van der Waals surface area contributed by atoms with E-state index >= 15 is 0 Å². The third kappa shape index (κ3) is 3.07. The molecule has 21 heavy (non-hydrogen) atoms. The second-order valence-corrected chi connectivity index (χ2v) is 6.45. The van der Waals surface area contributed by atoms with E-state index in [1.165, 1.54) is 18.4 Å². The van der Waals surface area contributed by atoms with Crippen molar-refractivity contribution in [2.45, 2.75) is 30.8 Å². The monoisotopic (exact) mass is 288 g/mol. The molecule has 2 unspecified atom stereocenters. The number of morpholine rings is 1. The molecule has 1 aromatic rings. The van der Waals surface area contributed by atoms with Gasteiger partial charge in [0.05, 0.1) is 19.8 Å². The number of nitrogens with zero attached hydrogens (tertiary/aromatic N) is 1. The molecule has 1 aromatic carbocycles. The molecule has 2 atom stereocenters. The predicted octanol–water partition coefficient (Wildman–Crippen LogP) is 1.62. The van der Waals surface area contributed by atoms with Crippen molar-refractivity contribution in [3.63, 3.8) is 0 Å². The molecular weight excluding hydrogens is 264 g/mol. The summed E-state index contributed by atoms with van der Waals surface area (Å²) in [5.74, 6) is 1.58. The SMILES string of the molecule is c1ccc2c(c1)OCC2CN1CCOCC1CNC1CC1. The Hall–Kier alpha value is -1.10. The van der Waals surface area contributed by atoms with Crippen molar-refractivity contribution >= 4 is 0 Å². The topological polar surface area (TPSA) is 33.7 Å². The summed E-state index contributed by atoms with van der Waals surface area (Å²) in [4.78, 5) is 2.59. The molecule has 1 saturated carbocycles. The second-order valence-electron chi connectivity index (χ2n) is 6.45. The molecule has 0 spiro atoms. The number of fused-ring (bicyclic) bond motifs is 1. The van der Waals surface area contributed by atoms with Crippen molar-refractivity contribution in [1.82, 2.24) is 10.2 Å². The number of hydrogen-bond donors (Lipinski definition) is 1. The Balaban J connectivity index is 1.39. The normalized spacial score (nSPS) is 29.1. The highest BCUT2D eigenvalue weighted by atomic mass is 16.5. The number of rotatable bonds is 5. The van der Waals surface area contributed by atoms with E-state index in [4.69, 9.17) is 9.47 Å². The molecule has 0 bridgehead atoms. The Morgan fingerprint density at radius 2 is 2.10 bits per heavy atom. The quantitative estimate of drug-likeness (QED) is 0.892. The Labute approximate surface area is 126 Å². The van der Waals surface area contributed by atoms with E-state index in [0.717, 1.165) is 51.2 Å². The van der Waals surface area contributed by atoms with Crippen LogP contribution in [0.15, 0.2) is 24.3 Å². The van der Waals surface area contributed by atoms with Crippen molar-refractivity contribution in [1.29, 1.82) is 0 Å². The van der Waals surface area contributed by atoms with Crippen LogP contribution in [0, 0.1) is 0 Å². The summed E-state index contributed by atoms with van der Waals surface area (Å²) in [5, 5.41) is 3.65. The van der Waals surface area contributed by atoms with Crippen molar-refractivity contribution < 1.29 is 9.47 Å². The number of nitrogens with one attached hydrogen (secondary N) is 1. The van der Waals surface area contributed by atoms with Gasteiger partial charge < -0.3 is 14.8 Å². The summed E-state index contributed by atoms with van der Waals surface area (Å²) in [6.07, 6.45) is 2.69. The van der Waals surface area contributed by atoms with Crippen molar-refractivity contribution in [2.24, 2.45) is 0 Å². The summed E-state index contributed by atoms with van der Waals surface area (Å²) in [5.41, 5.74) is 1.37. The zero-order valence-electron chi connectivity index (χ0n) is 12.5. The fraction of sp³-hybridized carbons (Fsp3) is 0.647. The van der Waals surface area contributed by atoms with Crippen LogP contribution in [0.1, 0.15) is 24.3 Å². The van der Waals surface area contributed by atoms with Gasteiger partial charge in [0.25, 0.3) is 0 Å². The maximum Gasteiger partial charge on any atom is 0.122 e. The van der Waals surface area contributed by atoms with Crippen LogP contribution in [0.25, 0.3) is 0 Å². The maximum absolute atomic E-state index is 5.82. The van der Waals surface area contributed by atoms with Gasteiger partial charge in [-0.15, -0.1) is 0 Å². The van der Waals surface area contributed by atoms with Gasteiger partial charge in [-0.2, -0.15) is 0 Å². The van der Waals surface area contributed by atoms with Crippen LogP contribution in [0.2, 0.25) is 0 Å². The average molecular weight is 288 g/mol. The Morgan fingerprint density at radius 1 is 1.19 bits per heavy atom. The van der Waals surface area contributed by atoms with Crippen LogP contribution in [-0.4, -0.2) is 56.4 Å². The highest BCUT2D eigenvalue weighted by Crippen LogP contribution is 2.34. The lowest BCUT2D eigenvalue weighted by molar-refractivity contribution is -0.0103. The van der Waals surface area contributed by atoms with Gasteiger partial charge in [-0.25, -0.2) is 0 Å². The molecule has 1 N–H and O–H groups in total. The highest BCUT2D eigenvalue weighted by molar-refractivity contribution is 5.39. The first-order valence-corrected chi connectivity index (χ1v) is 8.17. The van der Waals surface area contributed by atoms with Crippen molar-refractivity contribution in [3.05, 3.63) is 29.8 Å². The molecule has 2 aliphatic heterocycles. The number of ether oxygens (including phenoxy) is 2. The van der Waals surface area contributed by atoms with E-state index < -0.39 is 0 Å². The van der Waals surface area contributed by atoms with E-state index in [1.807, 2.05) is 0 Å². The summed E-state index contributed by atoms with van der Waals surface area (Å²) >= 11 is 0. The van der Waals surface area contributed by atoms with Gasteiger partial charge in [0.15, 0.2) is 0 Å². The largest absolute Gasteiger partial charge is 0.493 e. The number of hydrogen-bond acceptors (Lipinski definition) is 4. The Morgan fingerprint density at radius 3 is 3.00 bits per heavy atom. The standard InChI is InChI=1S/C17H24N2O2/c1-2-4-17-16(3-1)13(11-21-17)10-19-7-8-20-12-15(19)9-18-14-5-6-14/h1-4,13-15,18H,5-12H2. The highest BCUT2D eigenvalue weighted by Gasteiger charge is 2.31. The van der Waals surface area contributed by atoms with Crippen molar-refractivity contribution in [3.8, 4) is 5.75 Å².